The van der Waals surface area contributed by atoms with Crippen molar-refractivity contribution in [1.29, 1.82) is 0 Å². The SMILES string of the molecule is CCN(CC)CC(=O)N(C)C1CCC(C)CC1. The van der Waals surface area contributed by atoms with Gasteiger partial charge in [0.2, 0.25) is 5.91 Å². The Morgan fingerprint density at radius 1 is 1.12 bits per heavy atom. The van der Waals surface area contributed by atoms with Crippen molar-refractivity contribution in [3.8, 4) is 0 Å². The van der Waals surface area contributed by atoms with E-state index in [4.69, 9.17) is 0 Å². The average Bonchev–Trinajstić information content (AvgIpc) is 2.35. The summed E-state index contributed by atoms with van der Waals surface area (Å²) in [5.41, 5.74) is 0. The van der Waals surface area contributed by atoms with E-state index >= 15 is 0 Å². The van der Waals surface area contributed by atoms with Crippen molar-refractivity contribution < 1.29 is 4.79 Å². The van der Waals surface area contributed by atoms with Gasteiger partial charge in [-0.1, -0.05) is 20.8 Å². The topological polar surface area (TPSA) is 23.6 Å². The zero-order valence-electron chi connectivity index (χ0n) is 11.9. The molecule has 0 N–H and O–H groups in total. The molecule has 17 heavy (non-hydrogen) atoms. The Labute approximate surface area is 106 Å². The van der Waals surface area contributed by atoms with E-state index in [1.165, 1.54) is 25.7 Å². The highest BCUT2D eigenvalue weighted by Crippen LogP contribution is 2.26. The highest BCUT2D eigenvalue weighted by atomic mass is 16.2. The predicted octanol–water partition coefficient (Wildman–Crippen LogP) is 2.37. The first-order valence-electron chi connectivity index (χ1n) is 7.06. The molecule has 0 bridgehead atoms. The molecule has 0 aromatic rings. The first-order chi connectivity index (χ1) is 8.08. The minimum absolute atomic E-state index is 0.285. The molecule has 0 radical (unpaired) electrons. The second-order valence-electron chi connectivity index (χ2n) is 5.38. The van der Waals surface area contributed by atoms with Crippen LogP contribution in [0.3, 0.4) is 0 Å². The van der Waals surface area contributed by atoms with Crippen molar-refractivity contribution >= 4 is 5.91 Å². The molecule has 1 aliphatic rings. The molecular weight excluding hydrogens is 212 g/mol. The van der Waals surface area contributed by atoms with Crippen molar-refractivity contribution in [2.75, 3.05) is 26.7 Å². The van der Waals surface area contributed by atoms with Crippen molar-refractivity contribution in [2.24, 2.45) is 5.92 Å². The molecule has 100 valence electrons. The molecule has 0 saturated heterocycles. The molecule has 0 aromatic heterocycles. The van der Waals surface area contributed by atoms with E-state index < -0.39 is 0 Å². The first-order valence-corrected chi connectivity index (χ1v) is 7.06. The smallest absolute Gasteiger partial charge is 0.236 e. The van der Waals surface area contributed by atoms with Gasteiger partial charge >= 0.3 is 0 Å². The molecule has 1 aliphatic carbocycles. The van der Waals surface area contributed by atoms with E-state index in [0.29, 0.717) is 12.6 Å². The van der Waals surface area contributed by atoms with E-state index in [0.717, 1.165) is 19.0 Å². The normalized spacial score (nSPS) is 25.0. The zero-order chi connectivity index (χ0) is 12.8. The van der Waals surface area contributed by atoms with Gasteiger partial charge < -0.3 is 4.90 Å². The third kappa shape index (κ3) is 4.30. The molecule has 0 heterocycles. The third-order valence-electron chi connectivity index (χ3n) is 4.18. The lowest BCUT2D eigenvalue weighted by molar-refractivity contribution is -0.133. The lowest BCUT2D eigenvalue weighted by Gasteiger charge is -2.34. The fourth-order valence-electron chi connectivity index (χ4n) is 2.58. The Kier molecular flexibility index (Phi) is 5.96. The molecule has 1 fully saturated rings. The largest absolute Gasteiger partial charge is 0.342 e. The van der Waals surface area contributed by atoms with E-state index in [1.807, 2.05) is 11.9 Å². The van der Waals surface area contributed by atoms with Crippen LogP contribution in [0.5, 0.6) is 0 Å². The van der Waals surface area contributed by atoms with Crippen LogP contribution in [0, 0.1) is 5.92 Å². The fourth-order valence-corrected chi connectivity index (χ4v) is 2.58. The van der Waals surface area contributed by atoms with Crippen LogP contribution in [0.15, 0.2) is 0 Å². The Balaban J connectivity index is 2.40. The molecule has 0 aliphatic heterocycles. The van der Waals surface area contributed by atoms with Gasteiger partial charge in [0.15, 0.2) is 0 Å². The summed E-state index contributed by atoms with van der Waals surface area (Å²) in [5.74, 6) is 1.13. The maximum Gasteiger partial charge on any atom is 0.236 e. The summed E-state index contributed by atoms with van der Waals surface area (Å²) in [6.07, 6.45) is 4.91. The fraction of sp³-hybridized carbons (Fsp3) is 0.929. The van der Waals surface area contributed by atoms with Crippen LogP contribution < -0.4 is 0 Å². The minimum Gasteiger partial charge on any atom is -0.342 e. The standard InChI is InChI=1S/C14H28N2O/c1-5-16(6-2)11-14(17)15(4)13-9-7-12(3)8-10-13/h12-13H,5-11H2,1-4H3. The first kappa shape index (κ1) is 14.5. The van der Waals surface area contributed by atoms with Gasteiger partial charge in [0.25, 0.3) is 0 Å². The van der Waals surface area contributed by atoms with E-state index in [2.05, 4.69) is 25.7 Å². The van der Waals surface area contributed by atoms with Gasteiger partial charge in [-0.05, 0) is 44.7 Å². The maximum atomic E-state index is 12.1. The van der Waals surface area contributed by atoms with E-state index in [1.54, 1.807) is 0 Å². The van der Waals surface area contributed by atoms with Gasteiger partial charge in [-0.2, -0.15) is 0 Å². The Morgan fingerprint density at radius 3 is 2.12 bits per heavy atom. The number of hydrogen-bond acceptors (Lipinski definition) is 2. The number of amides is 1. The summed E-state index contributed by atoms with van der Waals surface area (Å²) in [7, 11) is 1.98. The monoisotopic (exact) mass is 240 g/mol. The summed E-state index contributed by atoms with van der Waals surface area (Å²) < 4.78 is 0. The van der Waals surface area contributed by atoms with Crippen LogP contribution in [-0.2, 0) is 4.79 Å². The molecule has 0 spiro atoms. The van der Waals surface area contributed by atoms with Crippen LogP contribution in [0.25, 0.3) is 0 Å². The third-order valence-corrected chi connectivity index (χ3v) is 4.18. The van der Waals surface area contributed by atoms with Crippen molar-refractivity contribution in [3.63, 3.8) is 0 Å². The zero-order valence-corrected chi connectivity index (χ0v) is 11.9. The molecule has 3 heteroatoms. The summed E-state index contributed by atoms with van der Waals surface area (Å²) in [5, 5.41) is 0. The predicted molar refractivity (Wildman–Crippen MR) is 72.0 cm³/mol. The van der Waals surface area contributed by atoms with Crippen LogP contribution in [-0.4, -0.2) is 48.4 Å². The van der Waals surface area contributed by atoms with Crippen LogP contribution in [0.2, 0.25) is 0 Å². The molecular formula is C14H28N2O. The Morgan fingerprint density at radius 2 is 1.65 bits per heavy atom. The molecule has 0 atom stereocenters. The van der Waals surface area contributed by atoms with E-state index in [-0.39, 0.29) is 5.91 Å². The number of nitrogens with zero attached hydrogens (tertiary/aromatic N) is 2. The number of carbonyl (C=O) groups excluding carboxylic acids is 1. The van der Waals surface area contributed by atoms with Gasteiger partial charge in [-0.3, -0.25) is 9.69 Å². The second-order valence-corrected chi connectivity index (χ2v) is 5.38. The molecule has 0 unspecified atom stereocenters. The van der Waals surface area contributed by atoms with Crippen LogP contribution >= 0.6 is 0 Å². The molecule has 1 saturated carbocycles. The molecule has 3 nitrogen and oxygen atoms in total. The lowest BCUT2D eigenvalue weighted by atomic mass is 9.87. The van der Waals surface area contributed by atoms with Crippen molar-refractivity contribution in [3.05, 3.63) is 0 Å². The van der Waals surface area contributed by atoms with Crippen molar-refractivity contribution in [2.45, 2.75) is 52.5 Å². The van der Waals surface area contributed by atoms with E-state index in [9.17, 15) is 4.79 Å². The van der Waals surface area contributed by atoms with Gasteiger partial charge in [-0.25, -0.2) is 0 Å². The Hall–Kier alpha value is -0.570. The quantitative estimate of drug-likeness (QED) is 0.736. The number of carbonyl (C=O) groups is 1. The van der Waals surface area contributed by atoms with Gasteiger partial charge in [-0.15, -0.1) is 0 Å². The lowest BCUT2D eigenvalue weighted by Crippen LogP contribution is -2.44. The molecule has 1 amide bonds. The summed E-state index contributed by atoms with van der Waals surface area (Å²) >= 11 is 0. The highest BCUT2D eigenvalue weighted by Gasteiger charge is 2.25. The summed E-state index contributed by atoms with van der Waals surface area (Å²) in [4.78, 5) is 16.3. The van der Waals surface area contributed by atoms with Gasteiger partial charge in [0, 0.05) is 13.1 Å². The van der Waals surface area contributed by atoms with Crippen LogP contribution in [0.4, 0.5) is 0 Å². The summed E-state index contributed by atoms with van der Waals surface area (Å²) in [6.45, 7) is 9.02. The molecule has 0 aromatic carbocycles. The Bertz CT molecular complexity index is 230. The van der Waals surface area contributed by atoms with Crippen LogP contribution in [0.1, 0.15) is 46.5 Å². The van der Waals surface area contributed by atoms with Gasteiger partial charge in [0.05, 0.1) is 6.54 Å². The maximum absolute atomic E-state index is 12.1. The highest BCUT2D eigenvalue weighted by molar-refractivity contribution is 5.78. The minimum atomic E-state index is 0.285. The summed E-state index contributed by atoms with van der Waals surface area (Å²) in [6, 6.07) is 0.481. The second kappa shape index (κ2) is 7.00. The number of hydrogen-bond donors (Lipinski definition) is 0. The number of rotatable bonds is 5. The average molecular weight is 240 g/mol. The molecule has 1 rings (SSSR count). The van der Waals surface area contributed by atoms with Crippen molar-refractivity contribution in [1.82, 2.24) is 9.80 Å². The van der Waals surface area contributed by atoms with Gasteiger partial charge in [0.1, 0.15) is 0 Å². The number of likely N-dealkylation sites (N-methyl/N-ethyl adjacent to an activating group) is 2.